The van der Waals surface area contributed by atoms with E-state index in [1.54, 1.807) is 17.1 Å². The van der Waals surface area contributed by atoms with Crippen molar-refractivity contribution in [2.75, 3.05) is 26.7 Å². The minimum absolute atomic E-state index is 0.0411. The second-order valence-electron chi connectivity index (χ2n) is 6.43. The van der Waals surface area contributed by atoms with E-state index < -0.39 is 0 Å². The van der Waals surface area contributed by atoms with Crippen molar-refractivity contribution in [1.29, 1.82) is 0 Å². The highest BCUT2D eigenvalue weighted by atomic mass is 16.2. The standard InChI is InChI=1S/C16H25N5O2/c1-3-21-11-12(10-17-21)15(22)18-13-4-8-20(9-5-13)14-6-7-19(2)16(14)23/h10-11,13-14H,3-9H2,1-2H3,(H,18,22). The third-order valence-corrected chi connectivity index (χ3v) is 4.92. The summed E-state index contributed by atoms with van der Waals surface area (Å²) in [6.07, 6.45) is 6.09. The van der Waals surface area contributed by atoms with Gasteiger partial charge in [0.05, 0.1) is 17.8 Å². The lowest BCUT2D eigenvalue weighted by Crippen LogP contribution is -2.50. The van der Waals surface area contributed by atoms with Gasteiger partial charge in [0.15, 0.2) is 0 Å². The quantitative estimate of drug-likeness (QED) is 0.868. The van der Waals surface area contributed by atoms with Gasteiger partial charge in [0.2, 0.25) is 5.91 Å². The van der Waals surface area contributed by atoms with Crippen molar-refractivity contribution in [2.45, 2.75) is 44.8 Å². The van der Waals surface area contributed by atoms with Crippen LogP contribution in [0.5, 0.6) is 0 Å². The zero-order valence-corrected chi connectivity index (χ0v) is 13.9. The lowest BCUT2D eigenvalue weighted by molar-refractivity contribution is -0.131. The number of nitrogens with one attached hydrogen (secondary N) is 1. The number of hydrogen-bond acceptors (Lipinski definition) is 4. The molecule has 0 saturated carbocycles. The number of amides is 2. The third kappa shape index (κ3) is 3.39. The molecule has 7 nitrogen and oxygen atoms in total. The molecule has 1 aromatic heterocycles. The zero-order chi connectivity index (χ0) is 16.4. The topological polar surface area (TPSA) is 70.5 Å². The van der Waals surface area contributed by atoms with E-state index >= 15 is 0 Å². The number of rotatable bonds is 4. The van der Waals surface area contributed by atoms with E-state index in [0.717, 1.165) is 45.4 Å². The summed E-state index contributed by atoms with van der Waals surface area (Å²) in [4.78, 5) is 28.4. The first-order valence-corrected chi connectivity index (χ1v) is 8.41. The second-order valence-corrected chi connectivity index (χ2v) is 6.43. The summed E-state index contributed by atoms with van der Waals surface area (Å²) in [6, 6.07) is 0.220. The van der Waals surface area contributed by atoms with Crippen LogP contribution in [0.4, 0.5) is 0 Å². The summed E-state index contributed by atoms with van der Waals surface area (Å²) in [7, 11) is 1.87. The van der Waals surface area contributed by atoms with Gasteiger partial charge in [-0.15, -0.1) is 0 Å². The molecule has 0 spiro atoms. The fourth-order valence-corrected chi connectivity index (χ4v) is 3.42. The van der Waals surface area contributed by atoms with Crippen LogP contribution in [0.15, 0.2) is 12.4 Å². The average molecular weight is 319 g/mol. The highest BCUT2D eigenvalue weighted by molar-refractivity contribution is 5.93. The van der Waals surface area contributed by atoms with Gasteiger partial charge < -0.3 is 10.2 Å². The van der Waals surface area contributed by atoms with Crippen molar-refractivity contribution in [3.8, 4) is 0 Å². The molecule has 1 aromatic rings. The van der Waals surface area contributed by atoms with Crippen molar-refractivity contribution >= 4 is 11.8 Å². The number of piperidine rings is 1. The van der Waals surface area contributed by atoms with E-state index in [1.165, 1.54) is 0 Å². The molecule has 0 radical (unpaired) electrons. The number of aryl methyl sites for hydroxylation is 1. The highest BCUT2D eigenvalue weighted by Crippen LogP contribution is 2.20. The molecule has 7 heteroatoms. The van der Waals surface area contributed by atoms with E-state index in [4.69, 9.17) is 0 Å². The molecule has 23 heavy (non-hydrogen) atoms. The molecule has 2 saturated heterocycles. The summed E-state index contributed by atoms with van der Waals surface area (Å²) < 4.78 is 1.75. The molecule has 1 N–H and O–H groups in total. The Kier molecular flexibility index (Phi) is 4.66. The molecule has 1 atom stereocenters. The molecular weight excluding hydrogens is 294 g/mol. The third-order valence-electron chi connectivity index (χ3n) is 4.92. The molecular formula is C16H25N5O2. The normalized spacial score (nSPS) is 23.5. The number of nitrogens with zero attached hydrogens (tertiary/aromatic N) is 4. The molecule has 2 amide bonds. The fourth-order valence-electron chi connectivity index (χ4n) is 3.42. The summed E-state index contributed by atoms with van der Waals surface area (Å²) in [5.41, 5.74) is 0.613. The van der Waals surface area contributed by atoms with E-state index in [2.05, 4.69) is 15.3 Å². The van der Waals surface area contributed by atoms with Crippen LogP contribution in [0.2, 0.25) is 0 Å². The molecule has 126 valence electrons. The molecule has 0 aromatic carbocycles. The Labute approximate surface area is 136 Å². The number of carbonyl (C=O) groups excluding carboxylic acids is 2. The summed E-state index contributed by atoms with van der Waals surface area (Å²) in [5.74, 6) is 0.180. The van der Waals surface area contributed by atoms with Gasteiger partial charge in [0.1, 0.15) is 0 Å². The van der Waals surface area contributed by atoms with Crippen LogP contribution in [-0.4, -0.2) is 70.2 Å². The maximum atomic E-state index is 12.2. The maximum Gasteiger partial charge on any atom is 0.254 e. The average Bonchev–Trinajstić information content (AvgIpc) is 3.16. The van der Waals surface area contributed by atoms with E-state index in [9.17, 15) is 9.59 Å². The van der Waals surface area contributed by atoms with Crippen LogP contribution >= 0.6 is 0 Å². The van der Waals surface area contributed by atoms with Gasteiger partial charge in [0, 0.05) is 45.5 Å². The maximum absolute atomic E-state index is 12.2. The van der Waals surface area contributed by atoms with Crippen molar-refractivity contribution in [3.63, 3.8) is 0 Å². The van der Waals surface area contributed by atoms with Crippen LogP contribution in [0.3, 0.4) is 0 Å². The first kappa shape index (κ1) is 16.0. The SMILES string of the molecule is CCn1cc(C(=O)NC2CCN(C3CCN(C)C3=O)CC2)cn1. The van der Waals surface area contributed by atoms with Crippen molar-refractivity contribution in [2.24, 2.45) is 0 Å². The Morgan fingerprint density at radius 1 is 1.30 bits per heavy atom. The molecule has 0 bridgehead atoms. The smallest absolute Gasteiger partial charge is 0.254 e. The Balaban J connectivity index is 1.49. The van der Waals surface area contributed by atoms with E-state index in [0.29, 0.717) is 5.56 Å². The number of likely N-dealkylation sites (tertiary alicyclic amines) is 2. The Bertz CT molecular complexity index is 577. The molecule has 2 fully saturated rings. The first-order chi connectivity index (χ1) is 11.1. The van der Waals surface area contributed by atoms with Gasteiger partial charge in [0.25, 0.3) is 5.91 Å². The van der Waals surface area contributed by atoms with Crippen LogP contribution in [-0.2, 0) is 11.3 Å². The highest BCUT2D eigenvalue weighted by Gasteiger charge is 2.35. The Morgan fingerprint density at radius 3 is 2.61 bits per heavy atom. The largest absolute Gasteiger partial charge is 0.349 e. The molecule has 3 rings (SSSR count). The van der Waals surface area contributed by atoms with Crippen LogP contribution in [0.1, 0.15) is 36.5 Å². The fraction of sp³-hybridized carbons (Fsp3) is 0.688. The van der Waals surface area contributed by atoms with Crippen LogP contribution in [0.25, 0.3) is 0 Å². The Hall–Kier alpha value is -1.89. The van der Waals surface area contributed by atoms with Crippen molar-refractivity contribution < 1.29 is 9.59 Å². The predicted octanol–water partition coefficient (Wildman–Crippen LogP) is 0.328. The van der Waals surface area contributed by atoms with Crippen molar-refractivity contribution in [3.05, 3.63) is 18.0 Å². The van der Waals surface area contributed by atoms with Gasteiger partial charge >= 0.3 is 0 Å². The van der Waals surface area contributed by atoms with Gasteiger partial charge in [-0.3, -0.25) is 19.2 Å². The van der Waals surface area contributed by atoms with Gasteiger partial charge in [-0.25, -0.2) is 0 Å². The molecule has 3 heterocycles. The Morgan fingerprint density at radius 2 is 2.04 bits per heavy atom. The number of carbonyl (C=O) groups is 2. The zero-order valence-electron chi connectivity index (χ0n) is 13.9. The number of aromatic nitrogens is 2. The van der Waals surface area contributed by atoms with Crippen LogP contribution in [0, 0.1) is 0 Å². The predicted molar refractivity (Wildman–Crippen MR) is 86.0 cm³/mol. The monoisotopic (exact) mass is 319 g/mol. The summed E-state index contributed by atoms with van der Waals surface area (Å²) in [6.45, 7) is 5.33. The first-order valence-electron chi connectivity index (χ1n) is 8.41. The van der Waals surface area contributed by atoms with Gasteiger partial charge in [-0.2, -0.15) is 5.10 Å². The molecule has 1 unspecified atom stereocenters. The number of hydrogen-bond donors (Lipinski definition) is 1. The van der Waals surface area contributed by atoms with Crippen LogP contribution < -0.4 is 5.32 Å². The van der Waals surface area contributed by atoms with Crippen molar-refractivity contribution in [1.82, 2.24) is 24.9 Å². The van der Waals surface area contributed by atoms with Gasteiger partial charge in [-0.1, -0.05) is 0 Å². The number of likely N-dealkylation sites (N-methyl/N-ethyl adjacent to an activating group) is 1. The van der Waals surface area contributed by atoms with E-state index in [-0.39, 0.29) is 23.9 Å². The lowest BCUT2D eigenvalue weighted by Gasteiger charge is -2.35. The summed E-state index contributed by atoms with van der Waals surface area (Å²) >= 11 is 0. The minimum Gasteiger partial charge on any atom is -0.349 e. The lowest BCUT2D eigenvalue weighted by atomic mass is 10.0. The second kappa shape index (κ2) is 6.70. The molecule has 2 aliphatic rings. The minimum atomic E-state index is -0.0557. The van der Waals surface area contributed by atoms with E-state index in [1.807, 2.05) is 18.9 Å². The molecule has 2 aliphatic heterocycles. The summed E-state index contributed by atoms with van der Waals surface area (Å²) in [5, 5.41) is 7.22. The van der Waals surface area contributed by atoms with Gasteiger partial charge in [-0.05, 0) is 26.2 Å². The molecule has 0 aliphatic carbocycles.